The van der Waals surface area contributed by atoms with E-state index in [9.17, 15) is 0 Å². The lowest BCUT2D eigenvalue weighted by atomic mass is 10.1. The zero-order chi connectivity index (χ0) is 13.9. The molecule has 0 unspecified atom stereocenters. The van der Waals surface area contributed by atoms with Crippen molar-refractivity contribution in [3.05, 3.63) is 53.9 Å². The van der Waals surface area contributed by atoms with Crippen molar-refractivity contribution in [2.24, 2.45) is 7.05 Å². The second kappa shape index (κ2) is 5.67. The molecule has 0 radical (unpaired) electrons. The van der Waals surface area contributed by atoms with E-state index in [0.29, 0.717) is 0 Å². The van der Waals surface area contributed by atoms with Gasteiger partial charge in [0.15, 0.2) is 0 Å². The molecule has 3 aromatic rings. The number of pyridine rings is 1. The Morgan fingerprint density at radius 3 is 2.90 bits per heavy atom. The van der Waals surface area contributed by atoms with Crippen molar-refractivity contribution in [2.45, 2.75) is 18.4 Å². The minimum atomic E-state index is 1.02. The lowest BCUT2D eigenvalue weighted by Gasteiger charge is -2.05. The fraction of sp³-hybridized carbons (Fsp3) is 0.250. The Morgan fingerprint density at radius 2 is 2.10 bits per heavy atom. The molecule has 0 spiro atoms. The van der Waals surface area contributed by atoms with Crippen LogP contribution >= 0.6 is 11.8 Å². The summed E-state index contributed by atoms with van der Waals surface area (Å²) < 4.78 is 1.85. The van der Waals surface area contributed by atoms with Crippen molar-refractivity contribution in [3.63, 3.8) is 0 Å². The second-order valence-electron chi connectivity index (χ2n) is 4.92. The Bertz CT molecular complexity index is 733. The molecule has 0 aliphatic heterocycles. The van der Waals surface area contributed by atoms with Gasteiger partial charge in [0.2, 0.25) is 0 Å². The fourth-order valence-corrected chi connectivity index (χ4v) is 3.24. The van der Waals surface area contributed by atoms with Crippen LogP contribution in [0.15, 0.2) is 47.8 Å². The van der Waals surface area contributed by atoms with Crippen LogP contribution in [0.5, 0.6) is 0 Å². The quantitative estimate of drug-likeness (QED) is 0.685. The molecule has 0 N–H and O–H groups in total. The van der Waals surface area contributed by atoms with Gasteiger partial charge in [0.25, 0.3) is 0 Å². The molecule has 3 nitrogen and oxygen atoms in total. The van der Waals surface area contributed by atoms with E-state index in [2.05, 4.69) is 42.5 Å². The molecule has 0 fully saturated rings. The van der Waals surface area contributed by atoms with Gasteiger partial charge >= 0.3 is 0 Å². The van der Waals surface area contributed by atoms with E-state index in [4.69, 9.17) is 4.98 Å². The summed E-state index contributed by atoms with van der Waals surface area (Å²) in [7, 11) is 1.95. The lowest BCUT2D eigenvalue weighted by molar-refractivity contribution is 0.767. The van der Waals surface area contributed by atoms with Crippen LogP contribution in [0.25, 0.3) is 10.9 Å². The SMILES string of the molecule is Cc1cc(SCCc2cnn(C)c2)nc2ccccc12. The lowest BCUT2D eigenvalue weighted by Crippen LogP contribution is -1.90. The number of hydrogen-bond donors (Lipinski definition) is 0. The largest absolute Gasteiger partial charge is 0.276 e. The van der Waals surface area contributed by atoms with Crippen LogP contribution in [-0.4, -0.2) is 20.5 Å². The number of nitrogens with zero attached hydrogens (tertiary/aromatic N) is 3. The van der Waals surface area contributed by atoms with E-state index in [0.717, 1.165) is 22.7 Å². The number of para-hydroxylation sites is 1. The normalized spacial score (nSPS) is 11.1. The Morgan fingerprint density at radius 1 is 1.25 bits per heavy atom. The Balaban J connectivity index is 1.71. The molecule has 4 heteroatoms. The summed E-state index contributed by atoms with van der Waals surface area (Å²) in [5, 5.41) is 6.53. The summed E-state index contributed by atoms with van der Waals surface area (Å²) in [6.45, 7) is 2.15. The summed E-state index contributed by atoms with van der Waals surface area (Å²) in [5.74, 6) is 1.02. The molecule has 0 amide bonds. The smallest absolute Gasteiger partial charge is 0.0970 e. The molecule has 2 aromatic heterocycles. The maximum absolute atomic E-state index is 4.71. The number of aryl methyl sites for hydroxylation is 3. The van der Waals surface area contributed by atoms with E-state index < -0.39 is 0 Å². The number of fused-ring (bicyclic) bond motifs is 1. The molecule has 0 saturated heterocycles. The summed E-state index contributed by atoms with van der Waals surface area (Å²) in [5.41, 5.74) is 3.65. The van der Waals surface area contributed by atoms with Gasteiger partial charge in [-0.2, -0.15) is 5.10 Å². The second-order valence-corrected chi connectivity index (χ2v) is 6.03. The standard InChI is InChI=1S/C16H17N3S/c1-12-9-16(18-15-6-4-3-5-14(12)15)20-8-7-13-10-17-19(2)11-13/h3-6,9-11H,7-8H2,1-2H3. The predicted octanol–water partition coefficient (Wildman–Crippen LogP) is 3.61. The molecule has 0 saturated carbocycles. The maximum atomic E-state index is 4.71. The van der Waals surface area contributed by atoms with Crippen LogP contribution in [0.2, 0.25) is 0 Å². The first-order valence-corrected chi connectivity index (χ1v) is 7.67. The van der Waals surface area contributed by atoms with Crippen molar-refractivity contribution in [1.29, 1.82) is 0 Å². The Hall–Kier alpha value is -1.81. The number of hydrogen-bond acceptors (Lipinski definition) is 3. The van der Waals surface area contributed by atoms with Gasteiger partial charge in [-0.05, 0) is 36.6 Å². The molecule has 0 atom stereocenters. The average Bonchev–Trinajstić information content (AvgIpc) is 2.85. The molecule has 1 aromatic carbocycles. The van der Waals surface area contributed by atoms with Crippen LogP contribution in [-0.2, 0) is 13.5 Å². The van der Waals surface area contributed by atoms with Crippen LogP contribution in [0, 0.1) is 6.92 Å². The Kier molecular flexibility index (Phi) is 3.74. The highest BCUT2D eigenvalue weighted by atomic mass is 32.2. The third-order valence-corrected chi connectivity index (χ3v) is 4.21. The third-order valence-electron chi connectivity index (χ3n) is 3.30. The topological polar surface area (TPSA) is 30.7 Å². The molecule has 102 valence electrons. The Labute approximate surface area is 123 Å². The van der Waals surface area contributed by atoms with Crippen molar-refractivity contribution in [2.75, 3.05) is 5.75 Å². The third kappa shape index (κ3) is 2.85. The summed E-state index contributed by atoms with van der Waals surface area (Å²) in [4.78, 5) is 4.71. The molecule has 0 bridgehead atoms. The van der Waals surface area contributed by atoms with E-state index in [1.54, 1.807) is 11.8 Å². The van der Waals surface area contributed by atoms with Crippen LogP contribution in [0.1, 0.15) is 11.1 Å². The minimum absolute atomic E-state index is 1.02. The summed E-state index contributed by atoms with van der Waals surface area (Å²) in [6.07, 6.45) is 5.02. The molecule has 2 heterocycles. The van der Waals surface area contributed by atoms with Gasteiger partial charge in [0.05, 0.1) is 16.7 Å². The van der Waals surface area contributed by atoms with Crippen molar-refractivity contribution in [1.82, 2.24) is 14.8 Å². The van der Waals surface area contributed by atoms with Gasteiger partial charge < -0.3 is 0 Å². The molecule has 0 aliphatic rings. The number of benzene rings is 1. The highest BCUT2D eigenvalue weighted by Gasteiger charge is 2.03. The van der Waals surface area contributed by atoms with Gasteiger partial charge in [-0.25, -0.2) is 4.98 Å². The minimum Gasteiger partial charge on any atom is -0.276 e. The molecule has 20 heavy (non-hydrogen) atoms. The zero-order valence-corrected chi connectivity index (χ0v) is 12.5. The van der Waals surface area contributed by atoms with Gasteiger partial charge in [-0.3, -0.25) is 4.68 Å². The average molecular weight is 283 g/mol. The first kappa shape index (κ1) is 13.2. The van der Waals surface area contributed by atoms with Crippen LogP contribution in [0.4, 0.5) is 0 Å². The molecule has 3 rings (SSSR count). The first-order chi connectivity index (χ1) is 9.72. The van der Waals surface area contributed by atoms with E-state index in [-0.39, 0.29) is 0 Å². The summed E-state index contributed by atoms with van der Waals surface area (Å²) in [6, 6.07) is 10.5. The van der Waals surface area contributed by atoms with Gasteiger partial charge in [0, 0.05) is 24.4 Å². The zero-order valence-electron chi connectivity index (χ0n) is 11.7. The number of thioether (sulfide) groups is 1. The van der Waals surface area contributed by atoms with Gasteiger partial charge in [-0.1, -0.05) is 18.2 Å². The predicted molar refractivity (Wildman–Crippen MR) is 84.1 cm³/mol. The number of rotatable bonds is 4. The van der Waals surface area contributed by atoms with Gasteiger partial charge in [-0.15, -0.1) is 11.8 Å². The molecular formula is C16H17N3S. The van der Waals surface area contributed by atoms with Crippen molar-refractivity contribution >= 4 is 22.7 Å². The van der Waals surface area contributed by atoms with Crippen molar-refractivity contribution in [3.8, 4) is 0 Å². The van der Waals surface area contributed by atoms with E-state index in [1.807, 2.05) is 24.0 Å². The fourth-order valence-electron chi connectivity index (χ4n) is 2.27. The van der Waals surface area contributed by atoms with E-state index >= 15 is 0 Å². The van der Waals surface area contributed by atoms with Crippen LogP contribution in [0.3, 0.4) is 0 Å². The van der Waals surface area contributed by atoms with Gasteiger partial charge in [0.1, 0.15) is 0 Å². The van der Waals surface area contributed by atoms with Crippen molar-refractivity contribution < 1.29 is 0 Å². The van der Waals surface area contributed by atoms with Crippen LogP contribution < -0.4 is 0 Å². The molecule has 0 aliphatic carbocycles. The highest BCUT2D eigenvalue weighted by molar-refractivity contribution is 7.99. The highest BCUT2D eigenvalue weighted by Crippen LogP contribution is 2.24. The van der Waals surface area contributed by atoms with E-state index in [1.165, 1.54) is 16.5 Å². The number of aromatic nitrogens is 3. The molecular weight excluding hydrogens is 266 g/mol. The summed E-state index contributed by atoms with van der Waals surface area (Å²) >= 11 is 1.81. The monoisotopic (exact) mass is 283 g/mol. The maximum Gasteiger partial charge on any atom is 0.0970 e. The first-order valence-electron chi connectivity index (χ1n) is 6.69.